The number of rotatable bonds is 2. The van der Waals surface area contributed by atoms with E-state index >= 15 is 0 Å². The molecule has 0 fully saturated rings. The highest BCUT2D eigenvalue weighted by Gasteiger charge is 2.53. The zero-order chi connectivity index (χ0) is 17.4. The Morgan fingerprint density at radius 1 is 1.00 bits per heavy atom. The van der Waals surface area contributed by atoms with Crippen molar-refractivity contribution in [1.82, 2.24) is 0 Å². The lowest BCUT2D eigenvalue weighted by Gasteiger charge is -2.29. The third-order valence-electron chi connectivity index (χ3n) is 5.33. The van der Waals surface area contributed by atoms with E-state index in [2.05, 4.69) is 68.7 Å². The highest BCUT2D eigenvalue weighted by atomic mass is 79.9. The van der Waals surface area contributed by atoms with E-state index in [0.717, 1.165) is 28.7 Å². The van der Waals surface area contributed by atoms with Crippen LogP contribution in [-0.2, 0) is 5.72 Å². The molecular formula is C21H25Br2N2O+. The van der Waals surface area contributed by atoms with E-state index in [9.17, 15) is 5.11 Å². The molecule has 1 N–H and O–H groups in total. The van der Waals surface area contributed by atoms with Gasteiger partial charge in [-0.05, 0) is 50.5 Å². The maximum Gasteiger partial charge on any atom is 0.275 e. The third kappa shape index (κ3) is 3.49. The summed E-state index contributed by atoms with van der Waals surface area (Å²) < 4.78 is 3.44. The minimum atomic E-state index is -1.02. The van der Waals surface area contributed by atoms with Gasteiger partial charge in [-0.1, -0.05) is 45.8 Å². The quantitative estimate of drug-likeness (QED) is 0.613. The Kier molecular flexibility index (Phi) is 5.90. The molecule has 0 spiro atoms. The van der Waals surface area contributed by atoms with E-state index in [1.54, 1.807) is 0 Å². The summed E-state index contributed by atoms with van der Waals surface area (Å²) in [6.45, 7) is 3.73. The van der Waals surface area contributed by atoms with Crippen LogP contribution in [0.15, 0.2) is 53.0 Å². The predicted octanol–water partition coefficient (Wildman–Crippen LogP) is 4.99. The first-order valence-electron chi connectivity index (χ1n) is 9.04. The van der Waals surface area contributed by atoms with Crippen LogP contribution in [-0.4, -0.2) is 28.6 Å². The van der Waals surface area contributed by atoms with Crippen LogP contribution in [0.1, 0.15) is 36.8 Å². The maximum absolute atomic E-state index is 11.8. The first-order chi connectivity index (χ1) is 12.1. The molecule has 138 valence electrons. The molecule has 2 aromatic carbocycles. The first-order valence-corrected chi connectivity index (χ1v) is 9.83. The van der Waals surface area contributed by atoms with E-state index < -0.39 is 5.72 Å². The average molecular weight is 481 g/mol. The van der Waals surface area contributed by atoms with Gasteiger partial charge in [0.1, 0.15) is 5.69 Å². The highest BCUT2D eigenvalue weighted by Crippen LogP contribution is 2.38. The van der Waals surface area contributed by atoms with Crippen molar-refractivity contribution >= 4 is 44.4 Å². The molecule has 0 bridgehead atoms. The molecule has 1 atom stereocenters. The lowest BCUT2D eigenvalue weighted by atomic mass is 9.99. The smallest absolute Gasteiger partial charge is 0.275 e. The van der Waals surface area contributed by atoms with Crippen molar-refractivity contribution in [3.8, 4) is 0 Å². The second-order valence-corrected chi connectivity index (χ2v) is 8.06. The molecule has 2 heterocycles. The lowest BCUT2D eigenvalue weighted by Crippen LogP contribution is -2.47. The Morgan fingerprint density at radius 3 is 2.38 bits per heavy atom. The zero-order valence-corrected chi connectivity index (χ0v) is 18.3. The summed E-state index contributed by atoms with van der Waals surface area (Å²) in [5, 5.41) is 11.8. The number of anilines is 1. The van der Waals surface area contributed by atoms with Gasteiger partial charge in [-0.3, -0.25) is 4.58 Å². The summed E-state index contributed by atoms with van der Waals surface area (Å²) in [5.41, 5.74) is 2.20. The second-order valence-electron chi connectivity index (χ2n) is 7.14. The minimum Gasteiger partial charge on any atom is -0.346 e. The van der Waals surface area contributed by atoms with Crippen molar-refractivity contribution in [2.75, 3.05) is 18.0 Å². The summed E-state index contributed by atoms with van der Waals surface area (Å²) in [5.74, 6) is 1.25. The van der Waals surface area contributed by atoms with Crippen LogP contribution in [0.4, 0.5) is 5.69 Å². The monoisotopic (exact) mass is 479 g/mol. The molecule has 2 aliphatic rings. The van der Waals surface area contributed by atoms with E-state index in [1.165, 1.54) is 30.7 Å². The molecule has 0 saturated carbocycles. The standard InChI is InChI=1S/C21H24BrN2O.BrH/c1-16-6-8-17(9-7-16)21(25)15-23-14-4-2-3-5-20(23)24(21)19-12-10-18(22)11-13-19;/h6-13,25H,2-5,14-15H2,1H3;1H/q+1;. The van der Waals surface area contributed by atoms with Crippen LogP contribution in [0.25, 0.3) is 0 Å². The molecule has 2 aliphatic heterocycles. The maximum atomic E-state index is 11.8. The van der Waals surface area contributed by atoms with Crippen LogP contribution in [0.5, 0.6) is 0 Å². The molecule has 26 heavy (non-hydrogen) atoms. The fraction of sp³-hybridized carbons (Fsp3) is 0.381. The largest absolute Gasteiger partial charge is 0.346 e. The van der Waals surface area contributed by atoms with Gasteiger partial charge in [-0.15, -0.1) is 17.0 Å². The molecule has 2 aromatic rings. The normalized spacial score (nSPS) is 22.7. The summed E-state index contributed by atoms with van der Waals surface area (Å²) in [6.07, 6.45) is 4.66. The van der Waals surface area contributed by atoms with Crippen molar-refractivity contribution in [2.45, 2.75) is 38.3 Å². The number of halogens is 2. The molecule has 3 nitrogen and oxygen atoms in total. The summed E-state index contributed by atoms with van der Waals surface area (Å²) in [7, 11) is 0. The topological polar surface area (TPSA) is 26.5 Å². The SMILES string of the molecule is Br.Cc1ccc(C2(O)C[N+]3=C(CCCCC3)N2c2ccc(Br)cc2)cc1. The predicted molar refractivity (Wildman–Crippen MR) is 115 cm³/mol. The Morgan fingerprint density at radius 2 is 1.69 bits per heavy atom. The number of nitrogens with zero attached hydrogens (tertiary/aromatic N) is 2. The summed E-state index contributed by atoms with van der Waals surface area (Å²) >= 11 is 3.52. The molecule has 0 aromatic heterocycles. The molecule has 0 radical (unpaired) electrons. The first kappa shape index (κ1) is 19.6. The second kappa shape index (κ2) is 7.83. The van der Waals surface area contributed by atoms with Crippen molar-refractivity contribution in [3.63, 3.8) is 0 Å². The Balaban J connectivity index is 0.00000196. The average Bonchev–Trinajstić information content (AvgIpc) is 2.74. The molecule has 0 amide bonds. The van der Waals surface area contributed by atoms with Crippen LogP contribution < -0.4 is 4.90 Å². The Bertz CT molecular complexity index is 802. The number of hydrogen-bond acceptors (Lipinski definition) is 2. The number of amidine groups is 1. The van der Waals surface area contributed by atoms with Crippen molar-refractivity contribution in [3.05, 3.63) is 64.1 Å². The van der Waals surface area contributed by atoms with E-state index in [1.807, 2.05) is 12.1 Å². The van der Waals surface area contributed by atoms with Gasteiger partial charge in [0.2, 0.25) is 0 Å². The van der Waals surface area contributed by atoms with Gasteiger partial charge < -0.3 is 5.11 Å². The van der Waals surface area contributed by atoms with Gasteiger partial charge in [-0.25, -0.2) is 0 Å². The minimum absolute atomic E-state index is 0. The molecular weight excluding hydrogens is 456 g/mol. The van der Waals surface area contributed by atoms with Gasteiger partial charge in [-0.2, -0.15) is 4.90 Å². The molecule has 0 aliphatic carbocycles. The van der Waals surface area contributed by atoms with Crippen molar-refractivity contribution in [1.29, 1.82) is 0 Å². The number of aryl methyl sites for hydroxylation is 1. The van der Waals surface area contributed by atoms with E-state index in [4.69, 9.17) is 0 Å². The fourth-order valence-corrected chi connectivity index (χ4v) is 4.28. The van der Waals surface area contributed by atoms with E-state index in [-0.39, 0.29) is 17.0 Å². The van der Waals surface area contributed by atoms with Crippen molar-refractivity contribution < 1.29 is 9.68 Å². The van der Waals surface area contributed by atoms with Gasteiger partial charge in [0, 0.05) is 16.5 Å². The number of aliphatic hydroxyl groups is 1. The molecule has 1 unspecified atom stereocenters. The van der Waals surface area contributed by atoms with Crippen LogP contribution in [0.3, 0.4) is 0 Å². The molecule has 4 rings (SSSR count). The van der Waals surface area contributed by atoms with Crippen molar-refractivity contribution in [2.24, 2.45) is 0 Å². The number of benzene rings is 2. The number of hydrogen-bond donors (Lipinski definition) is 1. The Labute approximate surface area is 174 Å². The van der Waals surface area contributed by atoms with Gasteiger partial charge in [0.05, 0.1) is 6.54 Å². The van der Waals surface area contributed by atoms with Crippen LogP contribution >= 0.6 is 32.9 Å². The summed E-state index contributed by atoms with van der Waals surface area (Å²) in [4.78, 5) is 2.16. The lowest BCUT2D eigenvalue weighted by molar-refractivity contribution is -0.534. The molecule has 5 heteroatoms. The highest BCUT2D eigenvalue weighted by molar-refractivity contribution is 9.10. The Hall–Kier alpha value is -1.17. The van der Waals surface area contributed by atoms with Gasteiger partial charge in [0.15, 0.2) is 6.54 Å². The van der Waals surface area contributed by atoms with Crippen LogP contribution in [0.2, 0.25) is 0 Å². The fourth-order valence-electron chi connectivity index (χ4n) is 4.02. The van der Waals surface area contributed by atoms with E-state index in [0.29, 0.717) is 6.54 Å². The van der Waals surface area contributed by atoms with Gasteiger partial charge >= 0.3 is 0 Å². The van der Waals surface area contributed by atoms with Gasteiger partial charge in [0.25, 0.3) is 11.6 Å². The zero-order valence-electron chi connectivity index (χ0n) is 15.0. The van der Waals surface area contributed by atoms with Crippen LogP contribution in [0, 0.1) is 6.92 Å². The molecule has 0 saturated heterocycles. The summed E-state index contributed by atoms with van der Waals surface area (Å²) in [6, 6.07) is 16.6. The third-order valence-corrected chi connectivity index (χ3v) is 5.86.